The molecule has 0 spiro atoms. The zero-order chi connectivity index (χ0) is 14.6. The van der Waals surface area contributed by atoms with Crippen molar-refractivity contribution in [3.8, 4) is 0 Å². The number of hydrazone groups is 1. The molecule has 0 fully saturated rings. The molecule has 0 radical (unpaired) electrons. The maximum absolute atomic E-state index is 12.7. The number of hydrogen-bond donors (Lipinski definition) is 4. The molecule has 0 aromatic heterocycles. The molecule has 1 aromatic carbocycles. The first-order valence-electron chi connectivity index (χ1n) is 4.87. The fourth-order valence-corrected chi connectivity index (χ4v) is 1.26. The highest BCUT2D eigenvalue weighted by atomic mass is 19.4. The van der Waals surface area contributed by atoms with Crippen molar-refractivity contribution in [3.63, 3.8) is 0 Å². The molecule has 2 amide bonds. The van der Waals surface area contributed by atoms with Gasteiger partial charge >= 0.3 is 19.3 Å². The maximum atomic E-state index is 12.7. The molecule has 0 aliphatic rings. The number of nitrogens with two attached hydrogens (primary N) is 1. The average molecular weight is 275 g/mol. The Balaban J connectivity index is 3.17. The summed E-state index contributed by atoms with van der Waals surface area (Å²) in [6.45, 7) is 0. The Bertz CT molecular complexity index is 505. The summed E-state index contributed by atoms with van der Waals surface area (Å²) in [6, 6.07) is 1.64. The average Bonchev–Trinajstić information content (AvgIpc) is 2.27. The van der Waals surface area contributed by atoms with Crippen molar-refractivity contribution in [3.05, 3.63) is 29.3 Å². The van der Waals surface area contributed by atoms with E-state index in [-0.39, 0.29) is 11.0 Å². The van der Waals surface area contributed by atoms with E-state index in [0.717, 1.165) is 18.3 Å². The first-order chi connectivity index (χ1) is 8.71. The second-order valence-electron chi connectivity index (χ2n) is 3.45. The number of amides is 2. The van der Waals surface area contributed by atoms with Gasteiger partial charge in [-0.1, -0.05) is 12.1 Å². The van der Waals surface area contributed by atoms with Gasteiger partial charge in [-0.2, -0.15) is 18.3 Å². The van der Waals surface area contributed by atoms with E-state index in [9.17, 15) is 18.0 Å². The number of urea groups is 1. The van der Waals surface area contributed by atoms with Crippen LogP contribution in [0, 0.1) is 0 Å². The van der Waals surface area contributed by atoms with Gasteiger partial charge in [0.15, 0.2) is 0 Å². The third-order valence-electron chi connectivity index (χ3n) is 2.06. The Hall–Kier alpha value is -2.07. The minimum absolute atomic E-state index is 0.313. The molecule has 5 N–H and O–H groups in total. The predicted molar refractivity (Wildman–Crippen MR) is 61.6 cm³/mol. The molecule has 0 aliphatic carbocycles. The van der Waals surface area contributed by atoms with Gasteiger partial charge in [0.05, 0.1) is 11.8 Å². The quantitative estimate of drug-likeness (QED) is 0.335. The summed E-state index contributed by atoms with van der Waals surface area (Å²) in [7, 11) is -2.02. The number of nitrogens with one attached hydrogen (secondary N) is 1. The van der Waals surface area contributed by atoms with Crippen molar-refractivity contribution in [2.45, 2.75) is 6.18 Å². The van der Waals surface area contributed by atoms with Crippen molar-refractivity contribution in [1.82, 2.24) is 5.43 Å². The summed E-state index contributed by atoms with van der Waals surface area (Å²) in [5, 5.41) is 20.9. The molecule has 10 heteroatoms. The minimum Gasteiger partial charge on any atom is -0.423 e. The summed E-state index contributed by atoms with van der Waals surface area (Å²) in [6.07, 6.45) is -3.96. The van der Waals surface area contributed by atoms with Crippen LogP contribution >= 0.6 is 0 Å². The number of benzene rings is 1. The number of primary amides is 1. The molecule has 6 nitrogen and oxygen atoms in total. The second-order valence-corrected chi connectivity index (χ2v) is 3.45. The van der Waals surface area contributed by atoms with Crippen molar-refractivity contribution >= 4 is 24.8 Å². The van der Waals surface area contributed by atoms with Crippen LogP contribution in [0.5, 0.6) is 0 Å². The Morgan fingerprint density at radius 2 is 2.05 bits per heavy atom. The summed E-state index contributed by atoms with van der Waals surface area (Å²) < 4.78 is 38.2. The van der Waals surface area contributed by atoms with E-state index in [1.54, 1.807) is 5.43 Å². The Kier molecular flexibility index (Phi) is 4.51. The predicted octanol–water partition coefficient (Wildman–Crippen LogP) is -0.613. The van der Waals surface area contributed by atoms with Crippen molar-refractivity contribution in [1.29, 1.82) is 0 Å². The van der Waals surface area contributed by atoms with Crippen LogP contribution in [0.2, 0.25) is 0 Å². The van der Waals surface area contributed by atoms with Gasteiger partial charge in [0.1, 0.15) is 0 Å². The van der Waals surface area contributed by atoms with Crippen LogP contribution in [0.15, 0.2) is 23.3 Å². The number of hydrogen-bond acceptors (Lipinski definition) is 4. The van der Waals surface area contributed by atoms with Gasteiger partial charge in [-0.3, -0.25) is 0 Å². The molecule has 0 heterocycles. The lowest BCUT2D eigenvalue weighted by atomic mass is 9.79. The summed E-state index contributed by atoms with van der Waals surface area (Å²) in [5.74, 6) is 0. The standard InChI is InChI=1S/C9H9BF3N3O3/c11-9(12,13)7-3-6(10(18)19)2-1-5(7)4-15-16-8(14)17/h1-4,18-19H,(H3,14,16,17). The van der Waals surface area contributed by atoms with E-state index in [1.807, 2.05) is 0 Å². The normalized spacial score (nSPS) is 11.6. The van der Waals surface area contributed by atoms with Gasteiger partial charge in [-0.05, 0) is 11.5 Å². The number of rotatable bonds is 3. The Morgan fingerprint density at radius 3 is 2.53 bits per heavy atom. The molecule has 102 valence electrons. The highest BCUT2D eigenvalue weighted by Crippen LogP contribution is 2.30. The Labute approximate surface area is 105 Å². The van der Waals surface area contributed by atoms with Crippen molar-refractivity contribution in [2.24, 2.45) is 10.8 Å². The lowest BCUT2D eigenvalue weighted by molar-refractivity contribution is -0.137. The largest absolute Gasteiger partial charge is 0.488 e. The van der Waals surface area contributed by atoms with Crippen LogP contribution in [-0.4, -0.2) is 29.4 Å². The van der Waals surface area contributed by atoms with Crippen LogP contribution in [0.25, 0.3) is 0 Å². The molecule has 0 bridgehead atoms. The van der Waals surface area contributed by atoms with Crippen LogP contribution in [0.4, 0.5) is 18.0 Å². The third kappa shape index (κ3) is 4.27. The first kappa shape index (κ1) is 15.0. The van der Waals surface area contributed by atoms with Gasteiger partial charge in [0, 0.05) is 5.56 Å². The molecule has 0 atom stereocenters. The molecule has 0 saturated carbocycles. The van der Waals surface area contributed by atoms with E-state index < -0.39 is 24.9 Å². The lowest BCUT2D eigenvalue weighted by Gasteiger charge is -2.11. The molecular weight excluding hydrogens is 266 g/mol. The van der Waals surface area contributed by atoms with Gasteiger partial charge in [0.2, 0.25) is 0 Å². The molecule has 0 unspecified atom stereocenters. The van der Waals surface area contributed by atoms with Crippen molar-refractivity contribution in [2.75, 3.05) is 0 Å². The number of halogens is 3. The van der Waals surface area contributed by atoms with Gasteiger partial charge in [-0.25, -0.2) is 10.2 Å². The summed E-state index contributed by atoms with van der Waals surface area (Å²) in [5.41, 5.74) is 4.66. The molecular formula is C9H9BF3N3O3. The highest BCUT2D eigenvalue weighted by molar-refractivity contribution is 6.58. The number of carbonyl (C=O) groups excluding carboxylic acids is 1. The molecule has 19 heavy (non-hydrogen) atoms. The van der Waals surface area contributed by atoms with E-state index in [4.69, 9.17) is 15.8 Å². The smallest absolute Gasteiger partial charge is 0.423 e. The van der Waals surface area contributed by atoms with Crippen LogP contribution in [0.3, 0.4) is 0 Å². The van der Waals surface area contributed by atoms with Gasteiger partial charge in [-0.15, -0.1) is 0 Å². The van der Waals surface area contributed by atoms with E-state index in [2.05, 4.69) is 5.10 Å². The minimum atomic E-state index is -4.71. The number of nitrogens with zero attached hydrogens (tertiary/aromatic N) is 1. The zero-order valence-electron chi connectivity index (χ0n) is 9.35. The lowest BCUT2D eigenvalue weighted by Crippen LogP contribution is -2.31. The fourth-order valence-electron chi connectivity index (χ4n) is 1.26. The van der Waals surface area contributed by atoms with E-state index in [1.165, 1.54) is 0 Å². The fraction of sp³-hybridized carbons (Fsp3) is 0.111. The molecule has 0 aliphatic heterocycles. The molecule has 1 aromatic rings. The third-order valence-corrected chi connectivity index (χ3v) is 2.06. The van der Waals surface area contributed by atoms with Gasteiger partial charge in [0.25, 0.3) is 0 Å². The maximum Gasteiger partial charge on any atom is 0.488 e. The topological polar surface area (TPSA) is 108 Å². The van der Waals surface area contributed by atoms with E-state index in [0.29, 0.717) is 6.07 Å². The van der Waals surface area contributed by atoms with Crippen LogP contribution < -0.4 is 16.6 Å². The summed E-state index contributed by atoms with van der Waals surface area (Å²) in [4.78, 5) is 10.3. The van der Waals surface area contributed by atoms with Crippen LogP contribution in [-0.2, 0) is 6.18 Å². The SMILES string of the molecule is NC(=O)NN=Cc1ccc(B(O)O)cc1C(F)(F)F. The van der Waals surface area contributed by atoms with Crippen LogP contribution in [0.1, 0.15) is 11.1 Å². The number of carbonyl (C=O) groups is 1. The first-order valence-corrected chi connectivity index (χ1v) is 4.87. The monoisotopic (exact) mass is 275 g/mol. The zero-order valence-corrected chi connectivity index (χ0v) is 9.35. The van der Waals surface area contributed by atoms with Gasteiger partial charge < -0.3 is 15.8 Å². The second kappa shape index (κ2) is 5.72. The van der Waals surface area contributed by atoms with Crippen molar-refractivity contribution < 1.29 is 28.0 Å². The molecule has 0 saturated heterocycles. The summed E-state index contributed by atoms with van der Waals surface area (Å²) >= 11 is 0. The Morgan fingerprint density at radius 1 is 1.42 bits per heavy atom. The molecule has 1 rings (SSSR count). The highest BCUT2D eigenvalue weighted by Gasteiger charge is 2.34. The van der Waals surface area contributed by atoms with E-state index >= 15 is 0 Å². The number of alkyl halides is 3.